The van der Waals surface area contributed by atoms with Gasteiger partial charge in [-0.1, -0.05) is 12.1 Å². The average molecular weight is 286 g/mol. The Morgan fingerprint density at radius 1 is 1.38 bits per heavy atom. The summed E-state index contributed by atoms with van der Waals surface area (Å²) < 4.78 is 7.37. The van der Waals surface area contributed by atoms with Gasteiger partial charge in [0.25, 0.3) is 0 Å². The number of benzene rings is 1. The molecular formula is C17H22N2O2. The first-order valence-electron chi connectivity index (χ1n) is 7.51. The van der Waals surface area contributed by atoms with E-state index in [0.717, 1.165) is 22.2 Å². The molecule has 4 heteroatoms. The van der Waals surface area contributed by atoms with Gasteiger partial charge in [-0.25, -0.2) is 0 Å². The maximum absolute atomic E-state index is 12.1. The summed E-state index contributed by atoms with van der Waals surface area (Å²) in [5.74, 6) is 0.383. The fourth-order valence-electron chi connectivity index (χ4n) is 2.74. The summed E-state index contributed by atoms with van der Waals surface area (Å²) >= 11 is 0. The van der Waals surface area contributed by atoms with Gasteiger partial charge in [0.2, 0.25) is 0 Å². The number of fused-ring (bicyclic) bond motifs is 1. The fraction of sp³-hybridized carbons (Fsp3) is 0.529. The average Bonchev–Trinajstić information content (AvgIpc) is 3.13. The molecule has 1 aliphatic carbocycles. The molecular weight excluding hydrogens is 264 g/mol. The number of carbonyl (C=O) groups is 1. The molecule has 0 unspecified atom stereocenters. The van der Waals surface area contributed by atoms with Crippen molar-refractivity contribution in [2.24, 2.45) is 7.05 Å². The Bertz CT molecular complexity index is 691. The third kappa shape index (κ3) is 2.94. The van der Waals surface area contributed by atoms with Crippen molar-refractivity contribution in [1.82, 2.24) is 9.78 Å². The van der Waals surface area contributed by atoms with Crippen molar-refractivity contribution in [3.8, 4) is 0 Å². The van der Waals surface area contributed by atoms with Gasteiger partial charge in [-0.05, 0) is 45.2 Å². The number of aryl methyl sites for hydroxylation is 1. The topological polar surface area (TPSA) is 44.1 Å². The molecule has 1 aromatic heterocycles. The maximum Gasteiger partial charge on any atom is 0.310 e. The maximum atomic E-state index is 12.1. The predicted molar refractivity (Wildman–Crippen MR) is 82.2 cm³/mol. The van der Waals surface area contributed by atoms with Crippen LogP contribution in [0.3, 0.4) is 0 Å². The zero-order valence-electron chi connectivity index (χ0n) is 13.1. The Labute approximate surface area is 125 Å². The van der Waals surface area contributed by atoms with E-state index in [1.165, 1.54) is 12.8 Å². The van der Waals surface area contributed by atoms with Crippen LogP contribution < -0.4 is 0 Å². The fourth-order valence-corrected chi connectivity index (χ4v) is 2.74. The van der Waals surface area contributed by atoms with E-state index in [0.29, 0.717) is 12.3 Å². The zero-order chi connectivity index (χ0) is 15.2. The lowest BCUT2D eigenvalue weighted by Gasteiger charge is -2.19. The summed E-state index contributed by atoms with van der Waals surface area (Å²) in [4.78, 5) is 12.1. The highest BCUT2D eigenvalue weighted by Crippen LogP contribution is 2.43. The number of rotatable bonds is 3. The van der Waals surface area contributed by atoms with Crippen molar-refractivity contribution in [1.29, 1.82) is 0 Å². The third-order valence-corrected chi connectivity index (χ3v) is 3.71. The number of esters is 1. The van der Waals surface area contributed by atoms with Crippen LogP contribution in [0.2, 0.25) is 0 Å². The summed E-state index contributed by atoms with van der Waals surface area (Å²) in [7, 11) is 1.96. The molecule has 21 heavy (non-hydrogen) atoms. The zero-order valence-corrected chi connectivity index (χ0v) is 13.1. The lowest BCUT2D eigenvalue weighted by molar-refractivity contribution is -0.153. The minimum atomic E-state index is -0.445. The molecule has 0 amide bonds. The van der Waals surface area contributed by atoms with Crippen LogP contribution in [0.1, 0.15) is 50.8 Å². The molecule has 0 bridgehead atoms. The lowest BCUT2D eigenvalue weighted by atomic mass is 10.0. The minimum Gasteiger partial charge on any atom is -0.460 e. The number of hydrogen-bond donors (Lipinski definition) is 0. The van der Waals surface area contributed by atoms with Crippen LogP contribution in [-0.4, -0.2) is 21.4 Å². The van der Waals surface area contributed by atoms with Gasteiger partial charge in [-0.3, -0.25) is 9.48 Å². The SMILES string of the molecule is Cn1nc(C2CC2)c2c(CC(=O)OC(C)(C)C)cccc21. The molecule has 1 fully saturated rings. The van der Waals surface area contributed by atoms with E-state index in [9.17, 15) is 4.79 Å². The summed E-state index contributed by atoms with van der Waals surface area (Å²) in [6.45, 7) is 5.68. The van der Waals surface area contributed by atoms with E-state index >= 15 is 0 Å². The summed E-state index contributed by atoms with van der Waals surface area (Å²) in [6.07, 6.45) is 2.71. The highest BCUT2D eigenvalue weighted by atomic mass is 16.6. The first-order valence-corrected chi connectivity index (χ1v) is 7.51. The molecule has 2 aromatic rings. The van der Waals surface area contributed by atoms with E-state index in [4.69, 9.17) is 4.74 Å². The van der Waals surface area contributed by atoms with Crippen molar-refractivity contribution in [2.45, 2.75) is 51.6 Å². The van der Waals surface area contributed by atoms with Crippen LogP contribution in [0.25, 0.3) is 10.9 Å². The number of hydrogen-bond acceptors (Lipinski definition) is 3. The van der Waals surface area contributed by atoms with Gasteiger partial charge in [0, 0.05) is 18.4 Å². The molecule has 0 spiro atoms. The third-order valence-electron chi connectivity index (χ3n) is 3.71. The standard InChI is InChI=1S/C17H22N2O2/c1-17(2,3)21-14(20)10-12-6-5-7-13-15(12)16(11-8-9-11)18-19(13)4/h5-7,11H,8-10H2,1-4H3. The van der Waals surface area contributed by atoms with E-state index < -0.39 is 5.60 Å². The first kappa shape index (κ1) is 14.1. The lowest BCUT2D eigenvalue weighted by Crippen LogP contribution is -2.25. The normalized spacial score (nSPS) is 15.4. The van der Waals surface area contributed by atoms with Crippen molar-refractivity contribution in [3.05, 3.63) is 29.5 Å². The van der Waals surface area contributed by atoms with Gasteiger partial charge in [0.1, 0.15) is 5.60 Å². The van der Waals surface area contributed by atoms with Crippen LogP contribution in [0, 0.1) is 0 Å². The second-order valence-electron chi connectivity index (χ2n) is 6.86. The highest BCUT2D eigenvalue weighted by Gasteiger charge is 2.30. The first-order chi connectivity index (χ1) is 9.85. The Kier molecular flexibility index (Phi) is 3.27. The van der Waals surface area contributed by atoms with E-state index in [1.54, 1.807) is 0 Å². The smallest absolute Gasteiger partial charge is 0.310 e. The molecule has 0 aliphatic heterocycles. The van der Waals surface area contributed by atoms with E-state index in [-0.39, 0.29) is 5.97 Å². The van der Waals surface area contributed by atoms with Crippen molar-refractivity contribution in [3.63, 3.8) is 0 Å². The molecule has 0 radical (unpaired) electrons. The van der Waals surface area contributed by atoms with Crippen LogP contribution in [0.5, 0.6) is 0 Å². The molecule has 0 saturated heterocycles. The largest absolute Gasteiger partial charge is 0.460 e. The van der Waals surface area contributed by atoms with Gasteiger partial charge in [-0.2, -0.15) is 5.10 Å². The van der Waals surface area contributed by atoms with Crippen LogP contribution in [0.4, 0.5) is 0 Å². The molecule has 0 N–H and O–H groups in total. The van der Waals surface area contributed by atoms with Crippen molar-refractivity contribution in [2.75, 3.05) is 0 Å². The molecule has 1 aromatic carbocycles. The molecule has 1 saturated carbocycles. The van der Waals surface area contributed by atoms with Crippen LogP contribution >= 0.6 is 0 Å². The molecule has 3 rings (SSSR count). The van der Waals surface area contributed by atoms with Gasteiger partial charge in [0.15, 0.2) is 0 Å². The highest BCUT2D eigenvalue weighted by molar-refractivity contribution is 5.89. The Hall–Kier alpha value is -1.84. The summed E-state index contributed by atoms with van der Waals surface area (Å²) in [5, 5.41) is 5.81. The van der Waals surface area contributed by atoms with Crippen molar-refractivity contribution < 1.29 is 9.53 Å². The number of nitrogens with zero attached hydrogens (tertiary/aromatic N) is 2. The summed E-state index contributed by atoms with van der Waals surface area (Å²) in [6, 6.07) is 6.06. The van der Waals surface area contributed by atoms with Gasteiger partial charge >= 0.3 is 5.97 Å². The second-order valence-corrected chi connectivity index (χ2v) is 6.86. The predicted octanol–water partition coefficient (Wildman–Crippen LogP) is 3.33. The Morgan fingerprint density at radius 2 is 2.10 bits per heavy atom. The monoisotopic (exact) mass is 286 g/mol. The molecule has 4 nitrogen and oxygen atoms in total. The van der Waals surface area contributed by atoms with Crippen LogP contribution in [-0.2, 0) is 23.0 Å². The van der Waals surface area contributed by atoms with Crippen LogP contribution in [0.15, 0.2) is 18.2 Å². The number of carbonyl (C=O) groups excluding carboxylic acids is 1. The number of aromatic nitrogens is 2. The summed E-state index contributed by atoms with van der Waals surface area (Å²) in [5.41, 5.74) is 2.82. The molecule has 112 valence electrons. The second kappa shape index (κ2) is 4.86. The van der Waals surface area contributed by atoms with Gasteiger partial charge < -0.3 is 4.74 Å². The quantitative estimate of drug-likeness (QED) is 0.813. The molecule has 1 heterocycles. The van der Waals surface area contributed by atoms with Gasteiger partial charge in [0.05, 0.1) is 17.6 Å². The minimum absolute atomic E-state index is 0.180. The van der Waals surface area contributed by atoms with Gasteiger partial charge in [-0.15, -0.1) is 0 Å². The van der Waals surface area contributed by atoms with Crippen molar-refractivity contribution >= 4 is 16.9 Å². The van der Waals surface area contributed by atoms with E-state index in [2.05, 4.69) is 11.2 Å². The Balaban J connectivity index is 1.97. The van der Waals surface area contributed by atoms with E-state index in [1.807, 2.05) is 44.6 Å². The number of ether oxygens (including phenoxy) is 1. The molecule has 1 aliphatic rings. The molecule has 0 atom stereocenters. The Morgan fingerprint density at radius 3 is 2.71 bits per heavy atom.